The Morgan fingerprint density at radius 1 is 1.45 bits per heavy atom. The van der Waals surface area contributed by atoms with Crippen LogP contribution in [0.2, 0.25) is 0 Å². The molecule has 2 rings (SSSR count). The highest BCUT2D eigenvalue weighted by molar-refractivity contribution is 7.99. The molecule has 6 heteroatoms. The van der Waals surface area contributed by atoms with Crippen LogP contribution >= 0.6 is 11.8 Å². The van der Waals surface area contributed by atoms with Crippen molar-refractivity contribution in [2.24, 2.45) is 0 Å². The standard InChI is InChI=1S/C14H18N2O3S/c1-3-20-13-6-4-11(5-7-13)16-9-12(19-14(16)18)8-15-10(2)17/h4-7,12H,3,8-9H2,1-2H3,(H,15,17)/t12-/m0/s1. The van der Waals surface area contributed by atoms with E-state index in [2.05, 4.69) is 12.2 Å². The Bertz CT molecular complexity index is 490. The fourth-order valence-corrected chi connectivity index (χ4v) is 2.65. The second-order valence-electron chi connectivity index (χ2n) is 4.48. The van der Waals surface area contributed by atoms with Gasteiger partial charge in [0, 0.05) is 17.5 Å². The average molecular weight is 294 g/mol. The van der Waals surface area contributed by atoms with Gasteiger partial charge in [0.15, 0.2) is 0 Å². The zero-order valence-corrected chi connectivity index (χ0v) is 12.4. The van der Waals surface area contributed by atoms with Gasteiger partial charge in [0.1, 0.15) is 6.10 Å². The second-order valence-corrected chi connectivity index (χ2v) is 5.82. The lowest BCUT2D eigenvalue weighted by Crippen LogP contribution is -2.33. The SMILES string of the molecule is CCSc1ccc(N2C[C@H](CNC(C)=O)OC2=O)cc1. The van der Waals surface area contributed by atoms with Crippen LogP contribution in [-0.2, 0) is 9.53 Å². The van der Waals surface area contributed by atoms with Gasteiger partial charge in [-0.1, -0.05) is 6.92 Å². The number of anilines is 1. The molecule has 1 heterocycles. The maximum absolute atomic E-state index is 11.8. The molecule has 1 aromatic carbocycles. The number of nitrogens with zero attached hydrogens (tertiary/aromatic N) is 1. The third-order valence-corrected chi connectivity index (χ3v) is 3.81. The van der Waals surface area contributed by atoms with Crippen molar-refractivity contribution in [2.45, 2.75) is 24.8 Å². The van der Waals surface area contributed by atoms with Crippen LogP contribution in [0.25, 0.3) is 0 Å². The van der Waals surface area contributed by atoms with E-state index in [1.807, 2.05) is 24.3 Å². The number of hydrogen-bond donors (Lipinski definition) is 1. The van der Waals surface area contributed by atoms with E-state index in [9.17, 15) is 9.59 Å². The molecule has 20 heavy (non-hydrogen) atoms. The highest BCUT2D eigenvalue weighted by atomic mass is 32.2. The van der Waals surface area contributed by atoms with E-state index in [0.717, 1.165) is 11.4 Å². The van der Waals surface area contributed by atoms with Gasteiger partial charge in [-0.2, -0.15) is 0 Å². The van der Waals surface area contributed by atoms with Gasteiger partial charge < -0.3 is 10.1 Å². The fourth-order valence-electron chi connectivity index (χ4n) is 1.99. The van der Waals surface area contributed by atoms with E-state index in [1.165, 1.54) is 11.8 Å². The highest BCUT2D eigenvalue weighted by Gasteiger charge is 2.32. The minimum atomic E-state index is -0.365. The summed E-state index contributed by atoms with van der Waals surface area (Å²) in [5.74, 6) is 0.893. The molecule has 0 aliphatic carbocycles. The molecule has 5 nitrogen and oxygen atoms in total. The van der Waals surface area contributed by atoms with E-state index in [-0.39, 0.29) is 18.1 Å². The van der Waals surface area contributed by atoms with Crippen molar-refractivity contribution in [2.75, 3.05) is 23.7 Å². The number of carbonyl (C=O) groups is 2. The molecular formula is C14H18N2O3S. The number of ether oxygens (including phenoxy) is 1. The summed E-state index contributed by atoms with van der Waals surface area (Å²) < 4.78 is 5.22. The molecule has 1 saturated heterocycles. The summed E-state index contributed by atoms with van der Waals surface area (Å²) in [6, 6.07) is 7.83. The molecule has 1 aromatic rings. The number of cyclic esters (lactones) is 1. The Labute approximate surface area is 122 Å². The van der Waals surface area contributed by atoms with Crippen LogP contribution in [0.4, 0.5) is 10.5 Å². The Morgan fingerprint density at radius 3 is 2.75 bits per heavy atom. The van der Waals surface area contributed by atoms with Gasteiger partial charge in [-0.05, 0) is 30.0 Å². The van der Waals surface area contributed by atoms with Gasteiger partial charge >= 0.3 is 6.09 Å². The third kappa shape index (κ3) is 3.66. The van der Waals surface area contributed by atoms with Crippen molar-refractivity contribution in [3.8, 4) is 0 Å². The van der Waals surface area contributed by atoms with Crippen molar-refractivity contribution < 1.29 is 14.3 Å². The maximum atomic E-state index is 11.8. The minimum absolute atomic E-state index is 0.125. The van der Waals surface area contributed by atoms with Crippen LogP contribution in [0, 0.1) is 0 Å². The van der Waals surface area contributed by atoms with Crippen molar-refractivity contribution in [3.05, 3.63) is 24.3 Å². The number of hydrogen-bond acceptors (Lipinski definition) is 4. The molecule has 0 spiro atoms. The van der Waals surface area contributed by atoms with Crippen molar-refractivity contribution in [1.29, 1.82) is 0 Å². The molecule has 1 aliphatic heterocycles. The number of nitrogens with one attached hydrogen (secondary N) is 1. The van der Waals surface area contributed by atoms with Gasteiger partial charge in [0.25, 0.3) is 0 Å². The summed E-state index contributed by atoms with van der Waals surface area (Å²) in [5.41, 5.74) is 0.820. The molecule has 0 bridgehead atoms. The number of benzene rings is 1. The van der Waals surface area contributed by atoms with Crippen LogP contribution < -0.4 is 10.2 Å². The van der Waals surface area contributed by atoms with Gasteiger partial charge in [-0.3, -0.25) is 9.69 Å². The van der Waals surface area contributed by atoms with E-state index in [4.69, 9.17) is 4.74 Å². The molecule has 1 atom stereocenters. The average Bonchev–Trinajstić information content (AvgIpc) is 2.79. The summed E-state index contributed by atoms with van der Waals surface area (Å²) >= 11 is 1.76. The van der Waals surface area contributed by atoms with Crippen molar-refractivity contribution in [1.82, 2.24) is 5.32 Å². The molecule has 0 saturated carbocycles. The van der Waals surface area contributed by atoms with Gasteiger partial charge in [-0.25, -0.2) is 4.79 Å². The summed E-state index contributed by atoms with van der Waals surface area (Å²) in [4.78, 5) is 25.5. The Morgan fingerprint density at radius 2 is 2.15 bits per heavy atom. The van der Waals surface area contributed by atoms with Gasteiger partial charge in [0.05, 0.1) is 13.1 Å². The Kier molecular flexibility index (Phi) is 4.89. The van der Waals surface area contributed by atoms with Crippen LogP contribution in [-0.4, -0.2) is 36.9 Å². The largest absolute Gasteiger partial charge is 0.442 e. The highest BCUT2D eigenvalue weighted by Crippen LogP contribution is 2.25. The minimum Gasteiger partial charge on any atom is -0.442 e. The van der Waals surface area contributed by atoms with Crippen LogP contribution in [0.1, 0.15) is 13.8 Å². The molecule has 0 radical (unpaired) electrons. The molecule has 0 aromatic heterocycles. The van der Waals surface area contributed by atoms with Crippen molar-refractivity contribution in [3.63, 3.8) is 0 Å². The quantitative estimate of drug-likeness (QED) is 0.846. The topological polar surface area (TPSA) is 58.6 Å². The first kappa shape index (κ1) is 14.7. The van der Waals surface area contributed by atoms with E-state index >= 15 is 0 Å². The van der Waals surface area contributed by atoms with Crippen molar-refractivity contribution >= 4 is 29.4 Å². The third-order valence-electron chi connectivity index (χ3n) is 2.91. The maximum Gasteiger partial charge on any atom is 0.414 e. The lowest BCUT2D eigenvalue weighted by molar-refractivity contribution is -0.119. The predicted octanol–water partition coefficient (Wildman–Crippen LogP) is 2.26. The first-order valence-corrected chi connectivity index (χ1v) is 7.54. The summed E-state index contributed by atoms with van der Waals surface area (Å²) in [7, 11) is 0. The summed E-state index contributed by atoms with van der Waals surface area (Å²) in [6.45, 7) is 4.35. The number of carbonyl (C=O) groups excluding carboxylic acids is 2. The molecule has 2 amide bonds. The smallest absolute Gasteiger partial charge is 0.414 e. The van der Waals surface area contributed by atoms with Gasteiger partial charge in [-0.15, -0.1) is 11.8 Å². The number of rotatable bonds is 5. The number of amides is 2. The monoisotopic (exact) mass is 294 g/mol. The molecule has 1 fully saturated rings. The first-order chi connectivity index (χ1) is 9.60. The fraction of sp³-hybridized carbons (Fsp3) is 0.429. The molecule has 1 N–H and O–H groups in total. The lowest BCUT2D eigenvalue weighted by atomic mass is 10.2. The number of thioether (sulfide) groups is 1. The Balaban J connectivity index is 1.98. The first-order valence-electron chi connectivity index (χ1n) is 6.55. The summed E-state index contributed by atoms with van der Waals surface area (Å²) in [6.07, 6.45) is -0.660. The molecule has 1 aliphatic rings. The van der Waals surface area contributed by atoms with Crippen LogP contribution in [0.5, 0.6) is 0 Å². The normalized spacial score (nSPS) is 18.0. The predicted molar refractivity (Wildman–Crippen MR) is 79.1 cm³/mol. The van der Waals surface area contributed by atoms with E-state index in [0.29, 0.717) is 13.1 Å². The Hall–Kier alpha value is -1.69. The zero-order chi connectivity index (χ0) is 14.5. The molecule has 108 valence electrons. The lowest BCUT2D eigenvalue weighted by Gasteiger charge is -2.13. The van der Waals surface area contributed by atoms with Gasteiger partial charge in [0.2, 0.25) is 5.91 Å². The molecule has 0 unspecified atom stereocenters. The van der Waals surface area contributed by atoms with E-state index < -0.39 is 0 Å². The van der Waals surface area contributed by atoms with Crippen LogP contribution in [0.3, 0.4) is 0 Å². The molecular weight excluding hydrogens is 276 g/mol. The van der Waals surface area contributed by atoms with Crippen LogP contribution in [0.15, 0.2) is 29.2 Å². The second kappa shape index (κ2) is 6.65. The summed E-state index contributed by atoms with van der Waals surface area (Å²) in [5, 5.41) is 2.66. The van der Waals surface area contributed by atoms with E-state index in [1.54, 1.807) is 16.7 Å². The zero-order valence-electron chi connectivity index (χ0n) is 11.6.